The Morgan fingerprint density at radius 3 is 2.74 bits per heavy atom. The van der Waals surface area contributed by atoms with Crippen molar-refractivity contribution in [3.8, 4) is 0 Å². The van der Waals surface area contributed by atoms with E-state index in [-0.39, 0.29) is 17.7 Å². The summed E-state index contributed by atoms with van der Waals surface area (Å²) in [4.78, 5) is 39.4. The first-order valence-corrected chi connectivity index (χ1v) is 10.1. The first kappa shape index (κ1) is 19.7. The van der Waals surface area contributed by atoms with E-state index >= 15 is 0 Å². The van der Waals surface area contributed by atoms with Gasteiger partial charge in [-0.3, -0.25) is 14.5 Å². The summed E-state index contributed by atoms with van der Waals surface area (Å²) in [6, 6.07) is 0. The smallest absolute Gasteiger partial charge is 0.236 e. The van der Waals surface area contributed by atoms with Crippen molar-refractivity contribution in [2.24, 2.45) is 0 Å². The fraction of sp³-hybridized carbons (Fsp3) is 0.700. The molecule has 1 saturated heterocycles. The summed E-state index contributed by atoms with van der Waals surface area (Å²) < 4.78 is 0. The molecule has 1 fully saturated rings. The number of piperidine rings is 1. The SMILES string of the molecule is CCN(CC)C(=O)CN1CCc2nc(C3CCCN(C(C)=O)C3)ncc2C1. The molecule has 0 aliphatic carbocycles. The van der Waals surface area contributed by atoms with Gasteiger partial charge in [-0.15, -0.1) is 0 Å². The number of amides is 2. The number of hydrogen-bond acceptors (Lipinski definition) is 5. The van der Waals surface area contributed by atoms with Gasteiger partial charge in [0.2, 0.25) is 11.8 Å². The van der Waals surface area contributed by atoms with E-state index in [0.717, 1.165) is 75.6 Å². The minimum Gasteiger partial charge on any atom is -0.342 e. The molecular formula is C20H31N5O2. The molecule has 2 aliphatic heterocycles. The Hall–Kier alpha value is -2.02. The van der Waals surface area contributed by atoms with Gasteiger partial charge in [-0.1, -0.05) is 0 Å². The molecule has 0 radical (unpaired) electrons. The van der Waals surface area contributed by atoms with Crippen molar-refractivity contribution >= 4 is 11.8 Å². The molecule has 1 aromatic rings. The Balaban J connectivity index is 1.64. The van der Waals surface area contributed by atoms with Gasteiger partial charge in [0, 0.05) is 76.0 Å². The highest BCUT2D eigenvalue weighted by Gasteiger charge is 2.27. The van der Waals surface area contributed by atoms with Gasteiger partial charge in [0.05, 0.1) is 6.54 Å². The molecular weight excluding hydrogens is 342 g/mol. The molecule has 3 heterocycles. The maximum Gasteiger partial charge on any atom is 0.236 e. The highest BCUT2D eigenvalue weighted by atomic mass is 16.2. The molecule has 27 heavy (non-hydrogen) atoms. The highest BCUT2D eigenvalue weighted by molar-refractivity contribution is 5.78. The molecule has 2 amide bonds. The molecule has 7 nitrogen and oxygen atoms in total. The number of carbonyl (C=O) groups is 2. The van der Waals surface area contributed by atoms with Crippen molar-refractivity contribution in [2.45, 2.75) is 52.5 Å². The predicted octanol–water partition coefficient (Wildman–Crippen LogP) is 1.43. The number of rotatable bonds is 5. The van der Waals surface area contributed by atoms with Crippen LogP contribution in [0.4, 0.5) is 0 Å². The number of aromatic nitrogens is 2. The molecule has 1 atom stereocenters. The van der Waals surface area contributed by atoms with E-state index in [1.807, 2.05) is 29.8 Å². The highest BCUT2D eigenvalue weighted by Crippen LogP contribution is 2.26. The van der Waals surface area contributed by atoms with Crippen LogP contribution in [-0.2, 0) is 22.6 Å². The van der Waals surface area contributed by atoms with Gasteiger partial charge in [0.1, 0.15) is 5.82 Å². The molecule has 1 unspecified atom stereocenters. The van der Waals surface area contributed by atoms with Gasteiger partial charge in [0.15, 0.2) is 0 Å². The Morgan fingerprint density at radius 2 is 2.04 bits per heavy atom. The molecule has 0 aromatic carbocycles. The molecule has 0 saturated carbocycles. The van der Waals surface area contributed by atoms with Crippen molar-refractivity contribution in [1.82, 2.24) is 24.7 Å². The van der Waals surface area contributed by atoms with Crippen LogP contribution < -0.4 is 0 Å². The van der Waals surface area contributed by atoms with Crippen LogP contribution in [0.1, 0.15) is 56.6 Å². The van der Waals surface area contributed by atoms with E-state index in [1.165, 1.54) is 0 Å². The number of likely N-dealkylation sites (tertiary alicyclic amines) is 1. The molecule has 1 aromatic heterocycles. The number of hydrogen-bond donors (Lipinski definition) is 0. The summed E-state index contributed by atoms with van der Waals surface area (Å²) in [7, 11) is 0. The maximum absolute atomic E-state index is 12.4. The van der Waals surface area contributed by atoms with Gasteiger partial charge in [-0.25, -0.2) is 9.97 Å². The third kappa shape index (κ3) is 4.64. The van der Waals surface area contributed by atoms with Crippen LogP contribution in [0.15, 0.2) is 6.20 Å². The average molecular weight is 374 g/mol. The second kappa shape index (κ2) is 8.78. The summed E-state index contributed by atoms with van der Waals surface area (Å²) >= 11 is 0. The Bertz CT molecular complexity index is 689. The van der Waals surface area contributed by atoms with Crippen LogP contribution in [0.3, 0.4) is 0 Å². The Labute approximate surface area is 161 Å². The molecule has 2 aliphatic rings. The van der Waals surface area contributed by atoms with Crippen LogP contribution in [0, 0.1) is 0 Å². The average Bonchev–Trinajstić information content (AvgIpc) is 2.68. The van der Waals surface area contributed by atoms with Gasteiger partial charge in [-0.05, 0) is 26.7 Å². The molecule has 0 bridgehead atoms. The van der Waals surface area contributed by atoms with Crippen LogP contribution in [0.25, 0.3) is 0 Å². The van der Waals surface area contributed by atoms with E-state index in [0.29, 0.717) is 6.54 Å². The predicted molar refractivity (Wildman–Crippen MR) is 103 cm³/mol. The lowest BCUT2D eigenvalue weighted by atomic mass is 9.96. The standard InChI is InChI=1S/C20H31N5O2/c1-4-24(5-2)19(27)14-23-10-8-18-17(12-23)11-21-20(22-18)16-7-6-9-25(13-16)15(3)26/h11,16H,4-10,12-14H2,1-3H3. The zero-order chi connectivity index (χ0) is 19.4. The summed E-state index contributed by atoms with van der Waals surface area (Å²) in [5.41, 5.74) is 2.23. The van der Waals surface area contributed by atoms with E-state index in [2.05, 4.69) is 9.88 Å². The van der Waals surface area contributed by atoms with Gasteiger partial charge >= 0.3 is 0 Å². The number of carbonyl (C=O) groups excluding carboxylic acids is 2. The van der Waals surface area contributed by atoms with Crippen molar-refractivity contribution < 1.29 is 9.59 Å². The fourth-order valence-corrected chi connectivity index (χ4v) is 4.06. The van der Waals surface area contributed by atoms with Crippen LogP contribution >= 0.6 is 0 Å². The fourth-order valence-electron chi connectivity index (χ4n) is 4.06. The molecule has 7 heteroatoms. The number of likely N-dealkylation sites (N-methyl/N-ethyl adjacent to an activating group) is 1. The lowest BCUT2D eigenvalue weighted by Crippen LogP contribution is -2.42. The largest absolute Gasteiger partial charge is 0.342 e. The third-order valence-electron chi connectivity index (χ3n) is 5.74. The minimum absolute atomic E-state index is 0.131. The second-order valence-electron chi connectivity index (χ2n) is 7.53. The summed E-state index contributed by atoms with van der Waals surface area (Å²) in [5, 5.41) is 0. The Kier molecular flexibility index (Phi) is 6.42. The normalized spacial score (nSPS) is 20.3. The summed E-state index contributed by atoms with van der Waals surface area (Å²) in [6.45, 7) is 10.8. The first-order chi connectivity index (χ1) is 13.0. The maximum atomic E-state index is 12.4. The van der Waals surface area contributed by atoms with Gasteiger partial charge in [0.25, 0.3) is 0 Å². The van der Waals surface area contributed by atoms with E-state index in [4.69, 9.17) is 4.98 Å². The quantitative estimate of drug-likeness (QED) is 0.781. The first-order valence-electron chi connectivity index (χ1n) is 10.1. The van der Waals surface area contributed by atoms with Gasteiger partial charge in [-0.2, -0.15) is 0 Å². The van der Waals surface area contributed by atoms with E-state index < -0.39 is 0 Å². The van der Waals surface area contributed by atoms with Crippen molar-refractivity contribution in [2.75, 3.05) is 39.3 Å². The molecule has 3 rings (SSSR count). The third-order valence-corrected chi connectivity index (χ3v) is 5.74. The van der Waals surface area contributed by atoms with Crippen LogP contribution in [-0.4, -0.2) is 75.8 Å². The van der Waals surface area contributed by atoms with Crippen molar-refractivity contribution in [3.63, 3.8) is 0 Å². The molecule has 0 spiro atoms. The Morgan fingerprint density at radius 1 is 1.26 bits per heavy atom. The molecule has 148 valence electrons. The topological polar surface area (TPSA) is 69.6 Å². The summed E-state index contributed by atoms with van der Waals surface area (Å²) in [5.74, 6) is 1.42. The van der Waals surface area contributed by atoms with Crippen LogP contribution in [0.5, 0.6) is 0 Å². The van der Waals surface area contributed by atoms with E-state index in [1.54, 1.807) is 6.92 Å². The minimum atomic E-state index is 0.131. The van der Waals surface area contributed by atoms with E-state index in [9.17, 15) is 9.59 Å². The zero-order valence-electron chi connectivity index (χ0n) is 16.8. The monoisotopic (exact) mass is 373 g/mol. The van der Waals surface area contributed by atoms with Crippen LogP contribution in [0.2, 0.25) is 0 Å². The zero-order valence-corrected chi connectivity index (χ0v) is 16.8. The number of nitrogens with zero attached hydrogens (tertiary/aromatic N) is 5. The second-order valence-corrected chi connectivity index (χ2v) is 7.53. The van der Waals surface area contributed by atoms with Crippen molar-refractivity contribution in [1.29, 1.82) is 0 Å². The van der Waals surface area contributed by atoms with Gasteiger partial charge < -0.3 is 9.80 Å². The lowest BCUT2D eigenvalue weighted by molar-refractivity contribution is -0.132. The molecule has 0 N–H and O–H groups in total. The number of fused-ring (bicyclic) bond motifs is 1. The summed E-state index contributed by atoms with van der Waals surface area (Å²) in [6.07, 6.45) is 4.82. The van der Waals surface area contributed by atoms with Crippen molar-refractivity contribution in [3.05, 3.63) is 23.3 Å². The lowest BCUT2D eigenvalue weighted by Gasteiger charge is -2.32.